The van der Waals surface area contributed by atoms with Crippen LogP contribution in [-0.2, 0) is 4.74 Å². The van der Waals surface area contributed by atoms with Gasteiger partial charge in [-0.15, -0.1) is 10.2 Å². The minimum Gasteiger partial charge on any atom is -0.507 e. The first-order chi connectivity index (χ1) is 14.2. The summed E-state index contributed by atoms with van der Waals surface area (Å²) in [5, 5.41) is 19.9. The number of hydrogen-bond donors (Lipinski definition) is 2. The molecule has 2 N–H and O–H groups in total. The third kappa shape index (κ3) is 3.97. The Kier molecular flexibility index (Phi) is 5.13. The highest BCUT2D eigenvalue weighted by Gasteiger charge is 2.29. The standard InChI is InChI=1S/C23H28N4O3/c1-14-20(15-9-11-27(12-10-15)22(29)30-23(2,3)4)17-13-18(25-26-21(17)24-14)16-7-5-6-8-19(16)28/h5-8,13,15,28H,9-12H2,1-4H3,(H,24,26). The summed E-state index contributed by atoms with van der Waals surface area (Å²) in [4.78, 5) is 17.5. The maximum absolute atomic E-state index is 12.4. The lowest BCUT2D eigenvalue weighted by atomic mass is 9.88. The number of amides is 1. The highest BCUT2D eigenvalue weighted by molar-refractivity contribution is 5.85. The number of fused-ring (bicyclic) bond motifs is 1. The first kappa shape index (κ1) is 20.2. The van der Waals surface area contributed by atoms with Gasteiger partial charge in [0.15, 0.2) is 5.65 Å². The molecule has 0 atom stereocenters. The molecule has 2 aromatic heterocycles. The molecule has 0 unspecified atom stereocenters. The summed E-state index contributed by atoms with van der Waals surface area (Å²) in [5.41, 5.74) is 3.86. The fraction of sp³-hybridized carbons (Fsp3) is 0.435. The van der Waals surface area contributed by atoms with Gasteiger partial charge in [0.25, 0.3) is 0 Å². The van der Waals surface area contributed by atoms with E-state index in [9.17, 15) is 9.90 Å². The van der Waals surface area contributed by atoms with Gasteiger partial charge in [-0.3, -0.25) is 0 Å². The van der Waals surface area contributed by atoms with E-state index in [2.05, 4.69) is 22.1 Å². The highest BCUT2D eigenvalue weighted by Crippen LogP contribution is 2.37. The molecule has 1 aliphatic heterocycles. The molecule has 7 nitrogen and oxygen atoms in total. The second-order valence-corrected chi connectivity index (χ2v) is 8.91. The van der Waals surface area contributed by atoms with Crippen LogP contribution in [0.2, 0.25) is 0 Å². The van der Waals surface area contributed by atoms with E-state index in [0.717, 1.165) is 29.6 Å². The van der Waals surface area contributed by atoms with Gasteiger partial charge in [0.1, 0.15) is 11.4 Å². The molecule has 1 saturated heterocycles. The summed E-state index contributed by atoms with van der Waals surface area (Å²) in [7, 11) is 0. The molecule has 3 aromatic rings. The first-order valence-electron chi connectivity index (χ1n) is 10.3. The Balaban J connectivity index is 1.59. The van der Waals surface area contributed by atoms with Crippen LogP contribution in [0.15, 0.2) is 30.3 Å². The number of likely N-dealkylation sites (tertiary alicyclic amines) is 1. The number of phenolic OH excluding ortho intramolecular Hbond substituents is 1. The van der Waals surface area contributed by atoms with Crippen molar-refractivity contribution in [3.05, 3.63) is 41.6 Å². The second kappa shape index (κ2) is 7.63. The predicted molar refractivity (Wildman–Crippen MR) is 116 cm³/mol. The number of nitrogens with zero attached hydrogens (tertiary/aromatic N) is 3. The summed E-state index contributed by atoms with van der Waals surface area (Å²) in [5.74, 6) is 0.504. The Morgan fingerprint density at radius 1 is 1.20 bits per heavy atom. The Morgan fingerprint density at radius 3 is 2.57 bits per heavy atom. The van der Waals surface area contributed by atoms with Gasteiger partial charge in [-0.2, -0.15) is 0 Å². The number of aromatic amines is 1. The summed E-state index contributed by atoms with van der Waals surface area (Å²) in [6.45, 7) is 9.03. The van der Waals surface area contributed by atoms with Crippen LogP contribution in [0.3, 0.4) is 0 Å². The Labute approximate surface area is 176 Å². The maximum Gasteiger partial charge on any atom is 0.410 e. The maximum atomic E-state index is 12.4. The van der Waals surface area contributed by atoms with Crippen molar-refractivity contribution in [1.29, 1.82) is 0 Å². The minimum atomic E-state index is -0.487. The fourth-order valence-electron chi connectivity index (χ4n) is 4.16. The zero-order valence-electron chi connectivity index (χ0n) is 17.9. The average molecular weight is 409 g/mol. The normalized spacial score (nSPS) is 15.5. The van der Waals surface area contributed by atoms with Crippen molar-refractivity contribution in [1.82, 2.24) is 20.1 Å². The Bertz CT molecular complexity index is 1080. The molecule has 7 heteroatoms. The summed E-state index contributed by atoms with van der Waals surface area (Å²) >= 11 is 0. The van der Waals surface area contributed by atoms with Gasteiger partial charge in [0, 0.05) is 29.7 Å². The molecule has 1 aliphatic rings. The van der Waals surface area contributed by atoms with Crippen molar-refractivity contribution in [3.63, 3.8) is 0 Å². The third-order valence-corrected chi connectivity index (χ3v) is 5.53. The molecule has 0 bridgehead atoms. The van der Waals surface area contributed by atoms with Crippen molar-refractivity contribution < 1.29 is 14.6 Å². The lowest BCUT2D eigenvalue weighted by molar-refractivity contribution is 0.0205. The lowest BCUT2D eigenvalue weighted by Gasteiger charge is -2.33. The summed E-state index contributed by atoms with van der Waals surface area (Å²) in [6.07, 6.45) is 1.48. The molecule has 1 aromatic carbocycles. The smallest absolute Gasteiger partial charge is 0.410 e. The molecule has 4 rings (SSSR count). The second-order valence-electron chi connectivity index (χ2n) is 8.91. The lowest BCUT2D eigenvalue weighted by Crippen LogP contribution is -2.41. The van der Waals surface area contributed by atoms with E-state index in [4.69, 9.17) is 4.74 Å². The van der Waals surface area contributed by atoms with E-state index in [0.29, 0.717) is 30.3 Å². The molecule has 0 aliphatic carbocycles. The number of ether oxygens (including phenoxy) is 1. The topological polar surface area (TPSA) is 91.3 Å². The number of rotatable bonds is 2. The number of para-hydroxylation sites is 1. The number of carbonyl (C=O) groups is 1. The third-order valence-electron chi connectivity index (χ3n) is 5.53. The van der Waals surface area contributed by atoms with Crippen LogP contribution >= 0.6 is 0 Å². The number of piperidine rings is 1. The van der Waals surface area contributed by atoms with Crippen LogP contribution in [0, 0.1) is 6.92 Å². The molecular weight excluding hydrogens is 380 g/mol. The molecule has 3 heterocycles. The highest BCUT2D eigenvalue weighted by atomic mass is 16.6. The molecule has 30 heavy (non-hydrogen) atoms. The monoisotopic (exact) mass is 408 g/mol. The molecule has 0 spiro atoms. The van der Waals surface area contributed by atoms with Crippen molar-refractivity contribution in [2.24, 2.45) is 0 Å². The van der Waals surface area contributed by atoms with E-state index in [1.165, 1.54) is 5.56 Å². The SMILES string of the molecule is Cc1[nH]c2nnc(-c3ccccc3O)cc2c1C1CCN(C(=O)OC(C)(C)C)CC1. The number of aromatic hydroxyl groups is 1. The van der Waals surface area contributed by atoms with E-state index in [1.54, 1.807) is 17.0 Å². The fourth-order valence-corrected chi connectivity index (χ4v) is 4.16. The molecule has 0 saturated carbocycles. The summed E-state index contributed by atoms with van der Waals surface area (Å²) < 4.78 is 5.51. The van der Waals surface area contributed by atoms with Crippen LogP contribution in [0.1, 0.15) is 50.8 Å². The van der Waals surface area contributed by atoms with Crippen LogP contribution < -0.4 is 0 Å². The molecule has 1 amide bonds. The zero-order valence-corrected chi connectivity index (χ0v) is 17.9. The van der Waals surface area contributed by atoms with E-state index in [1.807, 2.05) is 39.0 Å². The van der Waals surface area contributed by atoms with Gasteiger partial charge in [-0.25, -0.2) is 4.79 Å². The number of aryl methyl sites for hydroxylation is 1. The van der Waals surface area contributed by atoms with Crippen LogP contribution in [0.25, 0.3) is 22.3 Å². The van der Waals surface area contributed by atoms with Gasteiger partial charge >= 0.3 is 6.09 Å². The average Bonchev–Trinajstić information content (AvgIpc) is 3.02. The van der Waals surface area contributed by atoms with Crippen molar-refractivity contribution in [2.75, 3.05) is 13.1 Å². The minimum absolute atomic E-state index is 0.186. The van der Waals surface area contributed by atoms with Gasteiger partial charge in [-0.1, -0.05) is 12.1 Å². The number of nitrogens with one attached hydrogen (secondary N) is 1. The Hall–Kier alpha value is -3.09. The van der Waals surface area contributed by atoms with E-state index < -0.39 is 5.60 Å². The first-order valence-corrected chi connectivity index (χ1v) is 10.3. The molecule has 0 radical (unpaired) electrons. The predicted octanol–water partition coefficient (Wildman–Crippen LogP) is 4.75. The van der Waals surface area contributed by atoms with E-state index >= 15 is 0 Å². The number of phenols is 1. The largest absolute Gasteiger partial charge is 0.507 e. The van der Waals surface area contributed by atoms with Crippen molar-refractivity contribution in [3.8, 4) is 17.0 Å². The van der Waals surface area contributed by atoms with Gasteiger partial charge in [0.05, 0.1) is 5.69 Å². The van der Waals surface area contributed by atoms with Crippen molar-refractivity contribution in [2.45, 2.75) is 52.1 Å². The molecular formula is C23H28N4O3. The van der Waals surface area contributed by atoms with E-state index in [-0.39, 0.29) is 11.8 Å². The van der Waals surface area contributed by atoms with Gasteiger partial charge < -0.3 is 19.7 Å². The molecule has 158 valence electrons. The number of hydrogen-bond acceptors (Lipinski definition) is 5. The number of H-pyrrole nitrogens is 1. The summed E-state index contributed by atoms with van der Waals surface area (Å²) in [6, 6.07) is 9.14. The molecule has 1 fully saturated rings. The number of benzene rings is 1. The number of carbonyl (C=O) groups excluding carboxylic acids is 1. The number of aromatic nitrogens is 3. The van der Waals surface area contributed by atoms with Crippen molar-refractivity contribution >= 4 is 17.1 Å². The van der Waals surface area contributed by atoms with Gasteiger partial charge in [0.2, 0.25) is 0 Å². The Morgan fingerprint density at radius 2 is 1.90 bits per heavy atom. The quantitative estimate of drug-likeness (QED) is 0.638. The zero-order chi connectivity index (χ0) is 21.5. The van der Waals surface area contributed by atoms with Crippen LogP contribution in [0.4, 0.5) is 4.79 Å². The van der Waals surface area contributed by atoms with Crippen LogP contribution in [-0.4, -0.2) is 50.0 Å². The van der Waals surface area contributed by atoms with Crippen LogP contribution in [0.5, 0.6) is 5.75 Å². The van der Waals surface area contributed by atoms with Gasteiger partial charge in [-0.05, 0) is 70.2 Å².